The SMILES string of the molecule is CN=C(NCCC(=O)NCc1ccccc1)NCc1ccc(C)cc1OC1CCOC1.I. The molecule has 1 fully saturated rings. The molecular formula is C24H33IN4O3. The van der Waals surface area contributed by atoms with Gasteiger partial charge < -0.3 is 25.4 Å². The molecule has 0 spiro atoms. The van der Waals surface area contributed by atoms with Crippen molar-refractivity contribution in [3.8, 4) is 5.75 Å². The van der Waals surface area contributed by atoms with Gasteiger partial charge in [-0.15, -0.1) is 24.0 Å². The Bertz CT molecular complexity index is 871. The molecule has 1 aliphatic heterocycles. The van der Waals surface area contributed by atoms with Crippen LogP contribution in [0.25, 0.3) is 0 Å². The van der Waals surface area contributed by atoms with Crippen molar-refractivity contribution in [1.82, 2.24) is 16.0 Å². The molecule has 0 aromatic heterocycles. The molecule has 8 heteroatoms. The topological polar surface area (TPSA) is 84.0 Å². The molecule has 3 rings (SSSR count). The molecule has 32 heavy (non-hydrogen) atoms. The fourth-order valence-corrected chi connectivity index (χ4v) is 3.28. The maximum Gasteiger partial charge on any atom is 0.222 e. The van der Waals surface area contributed by atoms with Crippen LogP contribution >= 0.6 is 24.0 Å². The average molecular weight is 552 g/mol. The number of hydrogen-bond acceptors (Lipinski definition) is 4. The number of carbonyl (C=O) groups excluding carboxylic acids is 1. The summed E-state index contributed by atoms with van der Waals surface area (Å²) in [5, 5.41) is 9.42. The Hall–Kier alpha value is -2.33. The van der Waals surface area contributed by atoms with Crippen LogP contribution in [0.4, 0.5) is 0 Å². The van der Waals surface area contributed by atoms with E-state index in [9.17, 15) is 4.79 Å². The number of halogens is 1. The highest BCUT2D eigenvalue weighted by atomic mass is 127. The van der Waals surface area contributed by atoms with Crippen molar-refractivity contribution in [2.75, 3.05) is 26.8 Å². The third-order valence-electron chi connectivity index (χ3n) is 5.05. The number of hydrogen-bond donors (Lipinski definition) is 3. The molecule has 1 amide bonds. The normalized spacial score (nSPS) is 15.6. The minimum absolute atomic E-state index is 0. The van der Waals surface area contributed by atoms with E-state index in [0.717, 1.165) is 35.5 Å². The molecule has 0 radical (unpaired) electrons. The van der Waals surface area contributed by atoms with Crippen LogP contribution in [0, 0.1) is 6.92 Å². The Labute approximate surface area is 207 Å². The molecule has 1 saturated heterocycles. The van der Waals surface area contributed by atoms with Crippen LogP contribution in [0.15, 0.2) is 53.5 Å². The van der Waals surface area contributed by atoms with Crippen molar-refractivity contribution in [3.63, 3.8) is 0 Å². The fourth-order valence-electron chi connectivity index (χ4n) is 3.28. The van der Waals surface area contributed by atoms with Crippen molar-refractivity contribution < 1.29 is 14.3 Å². The molecule has 3 N–H and O–H groups in total. The second-order valence-corrected chi connectivity index (χ2v) is 7.58. The Kier molecular flexibility index (Phi) is 11.3. The number of aryl methyl sites for hydroxylation is 1. The molecule has 1 atom stereocenters. The van der Waals surface area contributed by atoms with Crippen molar-refractivity contribution in [3.05, 3.63) is 65.2 Å². The summed E-state index contributed by atoms with van der Waals surface area (Å²) >= 11 is 0. The van der Waals surface area contributed by atoms with Gasteiger partial charge in [-0.1, -0.05) is 42.5 Å². The first-order valence-corrected chi connectivity index (χ1v) is 10.7. The number of guanidine groups is 1. The van der Waals surface area contributed by atoms with Crippen LogP contribution in [0.3, 0.4) is 0 Å². The lowest BCUT2D eigenvalue weighted by atomic mass is 10.1. The minimum Gasteiger partial charge on any atom is -0.488 e. The van der Waals surface area contributed by atoms with Gasteiger partial charge in [-0.2, -0.15) is 0 Å². The second kappa shape index (κ2) is 13.9. The first-order chi connectivity index (χ1) is 15.1. The number of aliphatic imine (C=N–C) groups is 1. The predicted octanol–water partition coefficient (Wildman–Crippen LogP) is 3.15. The van der Waals surface area contributed by atoms with E-state index in [2.05, 4.69) is 46.1 Å². The molecule has 2 aromatic carbocycles. The van der Waals surface area contributed by atoms with E-state index < -0.39 is 0 Å². The van der Waals surface area contributed by atoms with Gasteiger partial charge in [0.15, 0.2) is 5.96 Å². The zero-order valence-electron chi connectivity index (χ0n) is 18.7. The molecule has 1 heterocycles. The number of amides is 1. The van der Waals surface area contributed by atoms with E-state index in [1.54, 1.807) is 7.05 Å². The summed E-state index contributed by atoms with van der Waals surface area (Å²) in [4.78, 5) is 16.3. The van der Waals surface area contributed by atoms with Crippen LogP contribution in [0.5, 0.6) is 5.75 Å². The summed E-state index contributed by atoms with van der Waals surface area (Å²) in [7, 11) is 1.72. The Morgan fingerprint density at radius 3 is 2.66 bits per heavy atom. The van der Waals surface area contributed by atoms with E-state index in [1.807, 2.05) is 30.3 Å². The number of rotatable bonds is 9. The molecule has 7 nitrogen and oxygen atoms in total. The van der Waals surface area contributed by atoms with Crippen LogP contribution in [-0.4, -0.2) is 44.8 Å². The van der Waals surface area contributed by atoms with Crippen LogP contribution in [0.1, 0.15) is 29.5 Å². The van der Waals surface area contributed by atoms with E-state index >= 15 is 0 Å². The molecule has 0 saturated carbocycles. The summed E-state index contributed by atoms with van der Waals surface area (Å²) in [5.41, 5.74) is 3.30. The first kappa shape index (κ1) is 25.9. The number of nitrogens with one attached hydrogen (secondary N) is 3. The van der Waals surface area contributed by atoms with Crippen molar-refractivity contribution in [2.45, 2.75) is 39.0 Å². The highest BCUT2D eigenvalue weighted by Gasteiger charge is 2.18. The van der Waals surface area contributed by atoms with E-state index in [-0.39, 0.29) is 36.0 Å². The Morgan fingerprint density at radius 2 is 1.94 bits per heavy atom. The number of ether oxygens (including phenoxy) is 2. The van der Waals surface area contributed by atoms with Gasteiger partial charge in [0, 0.05) is 45.1 Å². The van der Waals surface area contributed by atoms with Gasteiger partial charge in [0.1, 0.15) is 11.9 Å². The molecule has 174 valence electrons. The lowest BCUT2D eigenvalue weighted by molar-refractivity contribution is -0.121. The lowest BCUT2D eigenvalue weighted by Crippen LogP contribution is -2.39. The van der Waals surface area contributed by atoms with Gasteiger partial charge in [-0.3, -0.25) is 9.79 Å². The van der Waals surface area contributed by atoms with Gasteiger partial charge in [0.25, 0.3) is 0 Å². The third kappa shape index (κ3) is 8.66. The number of benzene rings is 2. The highest BCUT2D eigenvalue weighted by Crippen LogP contribution is 2.23. The maximum absolute atomic E-state index is 12.1. The lowest BCUT2D eigenvalue weighted by Gasteiger charge is -2.18. The van der Waals surface area contributed by atoms with Gasteiger partial charge in [0.2, 0.25) is 5.91 Å². The van der Waals surface area contributed by atoms with Crippen LogP contribution in [-0.2, 0) is 22.6 Å². The first-order valence-electron chi connectivity index (χ1n) is 10.7. The average Bonchev–Trinajstić information content (AvgIpc) is 3.29. The summed E-state index contributed by atoms with van der Waals surface area (Å²) in [6.45, 7) is 5.05. The van der Waals surface area contributed by atoms with Crippen LogP contribution in [0.2, 0.25) is 0 Å². The summed E-state index contributed by atoms with van der Waals surface area (Å²) in [6.07, 6.45) is 1.39. The summed E-state index contributed by atoms with van der Waals surface area (Å²) in [6, 6.07) is 16.1. The maximum atomic E-state index is 12.1. The zero-order chi connectivity index (χ0) is 21.9. The summed E-state index contributed by atoms with van der Waals surface area (Å²) in [5.74, 6) is 1.52. The second-order valence-electron chi connectivity index (χ2n) is 7.58. The number of carbonyl (C=O) groups is 1. The van der Waals surface area contributed by atoms with Crippen molar-refractivity contribution in [1.29, 1.82) is 0 Å². The Balaban J connectivity index is 0.00000363. The Morgan fingerprint density at radius 1 is 1.12 bits per heavy atom. The molecule has 1 aliphatic rings. The predicted molar refractivity (Wildman–Crippen MR) is 138 cm³/mol. The smallest absolute Gasteiger partial charge is 0.222 e. The fraction of sp³-hybridized carbons (Fsp3) is 0.417. The molecule has 0 bridgehead atoms. The van der Waals surface area contributed by atoms with E-state index in [1.165, 1.54) is 0 Å². The molecular weight excluding hydrogens is 519 g/mol. The summed E-state index contributed by atoms with van der Waals surface area (Å²) < 4.78 is 11.6. The van der Waals surface area contributed by atoms with Gasteiger partial charge in [-0.05, 0) is 24.1 Å². The highest BCUT2D eigenvalue weighted by molar-refractivity contribution is 14.0. The number of nitrogens with zero attached hydrogens (tertiary/aromatic N) is 1. The zero-order valence-corrected chi connectivity index (χ0v) is 21.1. The molecule has 1 unspecified atom stereocenters. The van der Waals surface area contributed by atoms with Crippen LogP contribution < -0.4 is 20.7 Å². The van der Waals surface area contributed by atoms with E-state index in [4.69, 9.17) is 9.47 Å². The monoisotopic (exact) mass is 552 g/mol. The third-order valence-corrected chi connectivity index (χ3v) is 5.05. The van der Waals surface area contributed by atoms with Crippen molar-refractivity contribution >= 4 is 35.8 Å². The molecule has 0 aliphatic carbocycles. The van der Waals surface area contributed by atoms with Crippen molar-refractivity contribution in [2.24, 2.45) is 4.99 Å². The molecule has 2 aromatic rings. The quantitative estimate of drug-likeness (QED) is 0.253. The van der Waals surface area contributed by atoms with Gasteiger partial charge >= 0.3 is 0 Å². The largest absolute Gasteiger partial charge is 0.488 e. The standard InChI is InChI=1S/C24H32N4O3.HI/c1-18-8-9-20(22(14-18)31-21-11-13-30-17-21)16-28-24(25-2)26-12-10-23(29)27-15-19-6-4-3-5-7-19;/h3-9,14,21H,10-13,15-17H2,1-2H3,(H,27,29)(H2,25,26,28);1H. The van der Waals surface area contributed by atoms with Gasteiger partial charge in [0.05, 0.1) is 13.2 Å². The minimum atomic E-state index is -0.000176. The van der Waals surface area contributed by atoms with E-state index in [0.29, 0.717) is 38.6 Å². The van der Waals surface area contributed by atoms with Gasteiger partial charge in [-0.25, -0.2) is 0 Å².